The van der Waals surface area contributed by atoms with E-state index in [1.165, 1.54) is 6.20 Å². The number of hydrogen-bond acceptors (Lipinski definition) is 5. The molecule has 1 fully saturated rings. The zero-order chi connectivity index (χ0) is 22.9. The summed E-state index contributed by atoms with van der Waals surface area (Å²) in [4.78, 5) is 14.6. The summed E-state index contributed by atoms with van der Waals surface area (Å²) in [5.74, 6) is 0.614. The van der Waals surface area contributed by atoms with Crippen LogP contribution in [0.4, 0.5) is 0 Å². The maximum absolute atomic E-state index is 12.5. The predicted molar refractivity (Wildman–Crippen MR) is 126 cm³/mol. The average Bonchev–Trinajstić information content (AvgIpc) is 2.86. The monoisotopic (exact) mass is 447 g/mol. The van der Waals surface area contributed by atoms with Gasteiger partial charge in [0.2, 0.25) is 11.6 Å². The Morgan fingerprint density at radius 1 is 1.00 bits per heavy atom. The van der Waals surface area contributed by atoms with Gasteiger partial charge in [-0.25, -0.2) is 0 Å². The summed E-state index contributed by atoms with van der Waals surface area (Å²) in [7, 11) is 0. The number of aromatic nitrogens is 1. The van der Waals surface area contributed by atoms with Crippen LogP contribution >= 0.6 is 0 Å². The van der Waals surface area contributed by atoms with Crippen LogP contribution in [0.2, 0.25) is 0 Å². The molecule has 0 aliphatic carbocycles. The van der Waals surface area contributed by atoms with Crippen molar-refractivity contribution in [3.63, 3.8) is 0 Å². The summed E-state index contributed by atoms with van der Waals surface area (Å²) in [6.07, 6.45) is 1.54. The first-order valence-corrected chi connectivity index (χ1v) is 11.2. The number of pyridine rings is 1. The lowest BCUT2D eigenvalue weighted by atomic mass is 10.1. The number of carbonyl (C=O) groups excluding carboxylic acids is 1. The van der Waals surface area contributed by atoms with E-state index in [-0.39, 0.29) is 12.3 Å². The average molecular weight is 448 g/mol. The van der Waals surface area contributed by atoms with Crippen molar-refractivity contribution in [1.82, 2.24) is 10.2 Å². The van der Waals surface area contributed by atoms with Crippen LogP contribution in [-0.2, 0) is 22.5 Å². The van der Waals surface area contributed by atoms with E-state index < -0.39 is 0 Å². The Hall–Kier alpha value is -3.42. The highest BCUT2D eigenvalue weighted by atomic mass is 16.5. The van der Waals surface area contributed by atoms with Gasteiger partial charge in [0.1, 0.15) is 18.8 Å². The van der Waals surface area contributed by atoms with Crippen molar-refractivity contribution in [2.24, 2.45) is 0 Å². The molecule has 1 amide bonds. The first-order chi connectivity index (χ1) is 16.2. The van der Waals surface area contributed by atoms with Crippen molar-refractivity contribution in [2.45, 2.75) is 13.0 Å². The largest absolute Gasteiger partial charge is 0.618 e. The number of nitrogens with zero attached hydrogens (tertiary/aromatic N) is 2. The van der Waals surface area contributed by atoms with Crippen LogP contribution in [-0.4, -0.2) is 50.3 Å². The molecule has 1 aliphatic rings. The van der Waals surface area contributed by atoms with Gasteiger partial charge in [-0.3, -0.25) is 9.69 Å². The number of ether oxygens (including phenoxy) is 2. The van der Waals surface area contributed by atoms with E-state index in [2.05, 4.69) is 10.2 Å². The molecule has 4 rings (SSSR count). The number of morpholine rings is 1. The fourth-order valence-electron chi connectivity index (χ4n) is 3.70. The summed E-state index contributed by atoms with van der Waals surface area (Å²) in [6, 6.07) is 20.9. The molecular weight excluding hydrogens is 418 g/mol. The van der Waals surface area contributed by atoms with Gasteiger partial charge < -0.3 is 20.0 Å². The van der Waals surface area contributed by atoms with Gasteiger partial charge in [-0.1, -0.05) is 42.5 Å². The topological polar surface area (TPSA) is 77.7 Å². The van der Waals surface area contributed by atoms with Crippen LogP contribution in [0.1, 0.15) is 11.3 Å². The van der Waals surface area contributed by atoms with Gasteiger partial charge in [0.25, 0.3) is 0 Å². The number of amides is 1. The van der Waals surface area contributed by atoms with Gasteiger partial charge >= 0.3 is 0 Å². The zero-order valence-electron chi connectivity index (χ0n) is 18.6. The Balaban J connectivity index is 1.28. The molecule has 1 saturated heterocycles. The van der Waals surface area contributed by atoms with Crippen molar-refractivity contribution in [1.29, 1.82) is 0 Å². The maximum atomic E-state index is 12.5. The van der Waals surface area contributed by atoms with E-state index in [0.717, 1.165) is 60.0 Å². The molecule has 3 aromatic rings. The molecule has 1 N–H and O–H groups in total. The molecule has 0 atom stereocenters. The Labute approximate surface area is 194 Å². The van der Waals surface area contributed by atoms with Crippen molar-refractivity contribution in [3.05, 3.63) is 89.4 Å². The van der Waals surface area contributed by atoms with Crippen LogP contribution in [0.25, 0.3) is 11.1 Å². The lowest BCUT2D eigenvalue weighted by molar-refractivity contribution is -0.612. The fourth-order valence-corrected chi connectivity index (χ4v) is 3.70. The number of benzene rings is 2. The van der Waals surface area contributed by atoms with E-state index in [4.69, 9.17) is 9.47 Å². The Bertz CT molecular complexity index is 1040. The number of carbonyl (C=O) groups is 1. The van der Waals surface area contributed by atoms with Gasteiger partial charge in [-0.05, 0) is 29.3 Å². The molecule has 33 heavy (non-hydrogen) atoms. The predicted octanol–water partition coefficient (Wildman–Crippen LogP) is 2.56. The summed E-state index contributed by atoms with van der Waals surface area (Å²) in [5, 5.41) is 15.3. The van der Waals surface area contributed by atoms with E-state index in [1.54, 1.807) is 6.07 Å². The molecule has 0 bridgehead atoms. The number of hydrogen-bond donors (Lipinski definition) is 1. The minimum Gasteiger partial charge on any atom is -0.618 e. The van der Waals surface area contributed by atoms with Crippen LogP contribution < -0.4 is 14.8 Å². The smallest absolute Gasteiger partial charge is 0.230 e. The highest BCUT2D eigenvalue weighted by Gasteiger charge is 2.13. The van der Waals surface area contributed by atoms with E-state index in [1.807, 2.05) is 60.7 Å². The standard InChI is InChI=1S/C26H29N3O4/c30-26(27-19-21-4-2-1-3-5-21)18-24-9-6-23(20-29(24)31)22-7-10-25(11-8-22)33-17-14-28-12-15-32-16-13-28/h1-11,20H,12-19H2,(H,27,30). The van der Waals surface area contributed by atoms with Crippen LogP contribution in [0, 0.1) is 5.21 Å². The van der Waals surface area contributed by atoms with Crippen molar-refractivity contribution >= 4 is 5.91 Å². The molecule has 172 valence electrons. The van der Waals surface area contributed by atoms with E-state index >= 15 is 0 Å². The molecule has 7 nitrogen and oxygen atoms in total. The summed E-state index contributed by atoms with van der Waals surface area (Å²) in [5.41, 5.74) is 3.13. The molecule has 2 aromatic carbocycles. The quantitative estimate of drug-likeness (QED) is 0.403. The first kappa shape index (κ1) is 22.8. The van der Waals surface area contributed by atoms with Gasteiger partial charge in [0.15, 0.2) is 6.20 Å². The van der Waals surface area contributed by atoms with Gasteiger partial charge in [-0.15, -0.1) is 0 Å². The molecule has 7 heteroatoms. The normalized spacial score (nSPS) is 14.1. The van der Waals surface area contributed by atoms with Gasteiger partial charge in [0.05, 0.1) is 13.2 Å². The molecule has 0 saturated carbocycles. The molecule has 2 heterocycles. The first-order valence-electron chi connectivity index (χ1n) is 11.2. The highest BCUT2D eigenvalue weighted by molar-refractivity contribution is 5.78. The number of nitrogens with one attached hydrogen (secondary N) is 1. The lowest BCUT2D eigenvalue weighted by Gasteiger charge is -2.26. The molecule has 0 spiro atoms. The van der Waals surface area contributed by atoms with Crippen LogP contribution in [0.3, 0.4) is 0 Å². The Kier molecular flexibility index (Phi) is 7.90. The lowest BCUT2D eigenvalue weighted by Crippen LogP contribution is -2.38. The third kappa shape index (κ3) is 6.78. The fraction of sp³-hybridized carbons (Fsp3) is 0.308. The summed E-state index contributed by atoms with van der Waals surface area (Å²) >= 11 is 0. The third-order valence-electron chi connectivity index (χ3n) is 5.64. The second-order valence-electron chi connectivity index (χ2n) is 8.00. The summed E-state index contributed by atoms with van der Waals surface area (Å²) < 4.78 is 12.0. The molecule has 0 unspecified atom stereocenters. The maximum Gasteiger partial charge on any atom is 0.230 e. The minimum atomic E-state index is -0.185. The molecule has 1 aliphatic heterocycles. The van der Waals surface area contributed by atoms with Crippen LogP contribution in [0.15, 0.2) is 72.9 Å². The SMILES string of the molecule is O=C(Cc1ccc(-c2ccc(OCCN3CCOCC3)cc2)c[n+]1[O-])NCc1ccccc1. The van der Waals surface area contributed by atoms with E-state index in [0.29, 0.717) is 18.8 Å². The second kappa shape index (κ2) is 11.4. The second-order valence-corrected chi connectivity index (χ2v) is 8.00. The minimum absolute atomic E-state index is 0.0343. The summed E-state index contributed by atoms with van der Waals surface area (Å²) in [6.45, 7) is 5.40. The molecule has 0 radical (unpaired) electrons. The van der Waals surface area contributed by atoms with E-state index in [9.17, 15) is 10.0 Å². The zero-order valence-corrected chi connectivity index (χ0v) is 18.6. The van der Waals surface area contributed by atoms with Crippen molar-refractivity contribution in [3.8, 4) is 16.9 Å². The van der Waals surface area contributed by atoms with Crippen molar-refractivity contribution < 1.29 is 19.0 Å². The van der Waals surface area contributed by atoms with Crippen molar-refractivity contribution in [2.75, 3.05) is 39.5 Å². The Morgan fingerprint density at radius 2 is 1.73 bits per heavy atom. The van der Waals surface area contributed by atoms with Gasteiger partial charge in [0, 0.05) is 37.8 Å². The molecular formula is C26H29N3O4. The highest BCUT2D eigenvalue weighted by Crippen LogP contribution is 2.21. The van der Waals surface area contributed by atoms with Gasteiger partial charge in [-0.2, -0.15) is 4.73 Å². The van der Waals surface area contributed by atoms with Crippen LogP contribution in [0.5, 0.6) is 5.75 Å². The third-order valence-corrected chi connectivity index (χ3v) is 5.64. The molecule has 1 aromatic heterocycles. The number of rotatable bonds is 9. The Morgan fingerprint density at radius 3 is 2.45 bits per heavy atom.